The number of carbonyl (C=O) groups is 1. The zero-order valence-electron chi connectivity index (χ0n) is 13.1. The van der Waals surface area contributed by atoms with Gasteiger partial charge in [-0.15, -0.1) is 0 Å². The van der Waals surface area contributed by atoms with Crippen LogP contribution in [0.3, 0.4) is 0 Å². The van der Waals surface area contributed by atoms with Crippen molar-refractivity contribution in [1.29, 1.82) is 0 Å². The van der Waals surface area contributed by atoms with Gasteiger partial charge in [-0.2, -0.15) is 0 Å². The van der Waals surface area contributed by atoms with Crippen molar-refractivity contribution in [3.8, 4) is 5.75 Å². The molecule has 0 radical (unpaired) electrons. The average Bonchev–Trinajstić information content (AvgIpc) is 3.01. The van der Waals surface area contributed by atoms with Crippen molar-refractivity contribution < 1.29 is 18.8 Å². The van der Waals surface area contributed by atoms with Crippen LogP contribution in [-0.2, 0) is 12.8 Å². The summed E-state index contributed by atoms with van der Waals surface area (Å²) in [6.07, 6.45) is 2.09. The van der Waals surface area contributed by atoms with Gasteiger partial charge in [-0.25, -0.2) is 4.39 Å². The van der Waals surface area contributed by atoms with E-state index in [1.54, 1.807) is 6.07 Å². The Hall–Kier alpha value is -2.76. The molecule has 0 aromatic heterocycles. The zero-order chi connectivity index (χ0) is 17.3. The lowest BCUT2D eigenvalue weighted by atomic mass is 10.0. The maximum atomic E-state index is 13.3. The number of carbonyl (C=O) groups excluding carboxylic acids is 1. The highest BCUT2D eigenvalue weighted by Crippen LogP contribution is 2.29. The Morgan fingerprint density at radius 3 is 2.71 bits per heavy atom. The van der Waals surface area contributed by atoms with Gasteiger partial charge in [-0.1, -0.05) is 12.1 Å². The van der Waals surface area contributed by atoms with Crippen molar-refractivity contribution in [2.75, 3.05) is 0 Å². The molecule has 1 aliphatic carbocycles. The van der Waals surface area contributed by atoms with Gasteiger partial charge in [-0.05, 0) is 49.4 Å². The van der Waals surface area contributed by atoms with Gasteiger partial charge in [0.1, 0.15) is 5.82 Å². The third kappa shape index (κ3) is 3.13. The molecule has 6 heteroatoms. The SMILES string of the molecule is C[C@@H](Oc1cc(F)ccc1[N+](=O)[O-])C(=O)c1ccc2c(c1)CCC2. The van der Waals surface area contributed by atoms with Crippen molar-refractivity contribution in [3.63, 3.8) is 0 Å². The minimum Gasteiger partial charge on any atom is -0.475 e. The summed E-state index contributed by atoms with van der Waals surface area (Å²) in [7, 11) is 0. The van der Waals surface area contributed by atoms with Crippen LogP contribution in [0, 0.1) is 15.9 Å². The molecule has 3 rings (SSSR count). The molecule has 1 aliphatic rings. The predicted octanol–water partition coefficient (Wildman–Crippen LogP) is 3.87. The summed E-state index contributed by atoms with van der Waals surface area (Å²) in [6.45, 7) is 1.50. The van der Waals surface area contributed by atoms with E-state index >= 15 is 0 Å². The third-order valence-corrected chi connectivity index (χ3v) is 4.17. The van der Waals surface area contributed by atoms with E-state index < -0.39 is 16.8 Å². The molecule has 0 bridgehead atoms. The molecule has 0 aliphatic heterocycles. The van der Waals surface area contributed by atoms with E-state index in [1.807, 2.05) is 12.1 Å². The van der Waals surface area contributed by atoms with Crippen LogP contribution in [-0.4, -0.2) is 16.8 Å². The number of benzene rings is 2. The quantitative estimate of drug-likeness (QED) is 0.474. The minimum atomic E-state index is -0.954. The van der Waals surface area contributed by atoms with Crippen LogP contribution < -0.4 is 4.74 Å². The van der Waals surface area contributed by atoms with Crippen molar-refractivity contribution in [1.82, 2.24) is 0 Å². The summed E-state index contributed by atoms with van der Waals surface area (Å²) in [5, 5.41) is 11.0. The molecule has 124 valence electrons. The number of nitro groups is 1. The maximum Gasteiger partial charge on any atom is 0.311 e. The molecule has 24 heavy (non-hydrogen) atoms. The highest BCUT2D eigenvalue weighted by molar-refractivity contribution is 5.99. The molecule has 0 saturated heterocycles. The van der Waals surface area contributed by atoms with Gasteiger partial charge in [-0.3, -0.25) is 14.9 Å². The molecule has 0 spiro atoms. The Morgan fingerprint density at radius 1 is 1.21 bits per heavy atom. The van der Waals surface area contributed by atoms with E-state index in [1.165, 1.54) is 12.5 Å². The maximum absolute atomic E-state index is 13.3. The first-order valence-electron chi connectivity index (χ1n) is 7.72. The number of aryl methyl sites for hydroxylation is 2. The Balaban J connectivity index is 1.82. The van der Waals surface area contributed by atoms with Crippen molar-refractivity contribution in [2.45, 2.75) is 32.3 Å². The Morgan fingerprint density at radius 2 is 1.96 bits per heavy atom. The second-order valence-electron chi connectivity index (χ2n) is 5.83. The number of ketones is 1. The first kappa shape index (κ1) is 16.1. The molecule has 1 atom stereocenters. The van der Waals surface area contributed by atoms with Crippen molar-refractivity contribution in [3.05, 3.63) is 69.0 Å². The summed E-state index contributed by atoms with van der Waals surface area (Å²) >= 11 is 0. The summed E-state index contributed by atoms with van der Waals surface area (Å²) in [6, 6.07) is 8.46. The topological polar surface area (TPSA) is 69.4 Å². The van der Waals surface area contributed by atoms with Crippen LogP contribution in [0.25, 0.3) is 0 Å². The summed E-state index contributed by atoms with van der Waals surface area (Å²) in [5.74, 6) is -1.20. The first-order valence-corrected chi connectivity index (χ1v) is 7.72. The van der Waals surface area contributed by atoms with Crippen molar-refractivity contribution >= 4 is 11.5 Å². The highest BCUT2D eigenvalue weighted by atomic mass is 19.1. The van der Waals surface area contributed by atoms with Crippen LogP contribution in [0.2, 0.25) is 0 Å². The lowest BCUT2D eigenvalue weighted by Crippen LogP contribution is -2.24. The van der Waals surface area contributed by atoms with Gasteiger partial charge >= 0.3 is 5.69 Å². The van der Waals surface area contributed by atoms with Crippen LogP contribution >= 0.6 is 0 Å². The molecule has 0 amide bonds. The second-order valence-corrected chi connectivity index (χ2v) is 5.83. The first-order chi connectivity index (χ1) is 11.5. The number of Topliss-reactive ketones (excluding diaryl/α,β-unsaturated/α-hetero) is 1. The smallest absolute Gasteiger partial charge is 0.311 e. The highest BCUT2D eigenvalue weighted by Gasteiger charge is 2.23. The molecule has 5 nitrogen and oxygen atoms in total. The molecule has 2 aromatic carbocycles. The Bertz CT molecular complexity index is 819. The molecule has 0 heterocycles. The minimum absolute atomic E-state index is 0.248. The standard InChI is InChI=1S/C18H16FNO4/c1-11(24-17-10-15(19)7-8-16(17)20(22)23)18(21)14-6-5-12-3-2-4-13(12)9-14/h5-11H,2-4H2,1H3/t11-/m1/s1. The van der Waals surface area contributed by atoms with Crippen molar-refractivity contribution in [2.24, 2.45) is 0 Å². The molecule has 2 aromatic rings. The number of hydrogen-bond acceptors (Lipinski definition) is 4. The van der Waals surface area contributed by atoms with E-state index in [4.69, 9.17) is 4.74 Å². The molecular weight excluding hydrogens is 313 g/mol. The fourth-order valence-electron chi connectivity index (χ4n) is 2.94. The van der Waals surface area contributed by atoms with E-state index in [0.29, 0.717) is 5.56 Å². The number of halogens is 1. The lowest BCUT2D eigenvalue weighted by molar-refractivity contribution is -0.386. The summed E-state index contributed by atoms with van der Waals surface area (Å²) in [5.41, 5.74) is 2.54. The summed E-state index contributed by atoms with van der Waals surface area (Å²) in [4.78, 5) is 22.9. The fraction of sp³-hybridized carbons (Fsp3) is 0.278. The number of nitro benzene ring substituents is 1. The lowest BCUT2D eigenvalue weighted by Gasteiger charge is -2.14. The van der Waals surface area contributed by atoms with Crippen LogP contribution in [0.5, 0.6) is 5.75 Å². The Kier molecular flexibility index (Phi) is 4.29. The van der Waals surface area contributed by atoms with E-state index in [9.17, 15) is 19.3 Å². The fourth-order valence-corrected chi connectivity index (χ4v) is 2.94. The molecule has 0 fully saturated rings. The van der Waals surface area contributed by atoms with E-state index in [-0.39, 0.29) is 17.2 Å². The number of nitrogens with zero attached hydrogens (tertiary/aromatic N) is 1. The number of hydrogen-bond donors (Lipinski definition) is 0. The Labute approximate surface area is 138 Å². The number of rotatable bonds is 5. The molecule has 0 N–H and O–H groups in total. The van der Waals surface area contributed by atoms with E-state index in [2.05, 4.69) is 0 Å². The van der Waals surface area contributed by atoms with Gasteiger partial charge in [0, 0.05) is 17.7 Å². The van der Waals surface area contributed by atoms with Crippen LogP contribution in [0.1, 0.15) is 34.8 Å². The van der Waals surface area contributed by atoms with Crippen LogP contribution in [0.15, 0.2) is 36.4 Å². The molecule has 0 unspecified atom stereocenters. The molecular formula is C18H16FNO4. The van der Waals surface area contributed by atoms with Gasteiger partial charge in [0.25, 0.3) is 0 Å². The van der Waals surface area contributed by atoms with E-state index in [0.717, 1.165) is 43.0 Å². The normalized spacial score (nSPS) is 14.1. The second kappa shape index (κ2) is 6.39. The summed E-state index contributed by atoms with van der Waals surface area (Å²) < 4.78 is 18.7. The number of fused-ring (bicyclic) bond motifs is 1. The predicted molar refractivity (Wildman–Crippen MR) is 85.9 cm³/mol. The molecule has 0 saturated carbocycles. The van der Waals surface area contributed by atoms with Gasteiger partial charge in [0.15, 0.2) is 6.10 Å². The third-order valence-electron chi connectivity index (χ3n) is 4.17. The van der Waals surface area contributed by atoms with Gasteiger partial charge in [0.05, 0.1) is 4.92 Å². The van der Waals surface area contributed by atoms with Gasteiger partial charge in [0.2, 0.25) is 11.5 Å². The monoisotopic (exact) mass is 329 g/mol. The largest absolute Gasteiger partial charge is 0.475 e. The zero-order valence-corrected chi connectivity index (χ0v) is 13.1. The average molecular weight is 329 g/mol. The van der Waals surface area contributed by atoms with Crippen LogP contribution in [0.4, 0.5) is 10.1 Å². The number of ether oxygens (including phenoxy) is 1. The van der Waals surface area contributed by atoms with Gasteiger partial charge < -0.3 is 4.74 Å².